The molecule has 1 aromatic heterocycles. The highest BCUT2D eigenvalue weighted by molar-refractivity contribution is 9.11. The molecule has 0 saturated carbocycles. The van der Waals surface area contributed by atoms with E-state index in [1.165, 1.54) is 0 Å². The van der Waals surface area contributed by atoms with Crippen molar-refractivity contribution in [1.29, 1.82) is 0 Å². The largest absolute Gasteiger partial charge is 0.492 e. The zero-order chi connectivity index (χ0) is 15.2. The average Bonchev–Trinajstić information content (AvgIpc) is 2.48. The van der Waals surface area contributed by atoms with Gasteiger partial charge in [0.2, 0.25) is 0 Å². The fourth-order valence-corrected chi connectivity index (χ4v) is 3.48. The molecule has 0 aliphatic carbocycles. The Hall–Kier alpha value is -0.910. The average molecular weight is 414 g/mol. The number of hydrogen-bond donors (Lipinski definition) is 1. The van der Waals surface area contributed by atoms with E-state index in [0.717, 1.165) is 26.0 Å². The predicted octanol–water partition coefficient (Wildman–Crippen LogP) is 4.86. The Morgan fingerprint density at radius 2 is 2.10 bits per heavy atom. The summed E-state index contributed by atoms with van der Waals surface area (Å²) in [5.74, 6) is 0.890. The van der Waals surface area contributed by atoms with Crippen LogP contribution in [0, 0.1) is 0 Å². The summed E-state index contributed by atoms with van der Waals surface area (Å²) in [5.41, 5.74) is 2.14. The molecule has 3 nitrogen and oxygen atoms in total. The van der Waals surface area contributed by atoms with E-state index >= 15 is 0 Å². The Labute approximate surface area is 142 Å². The van der Waals surface area contributed by atoms with Gasteiger partial charge in [-0.1, -0.05) is 22.0 Å². The molecule has 2 aromatic rings. The molecule has 0 spiro atoms. The van der Waals surface area contributed by atoms with Crippen LogP contribution in [0.25, 0.3) is 0 Å². The minimum atomic E-state index is 0.179. The monoisotopic (exact) mass is 412 g/mol. The van der Waals surface area contributed by atoms with Crippen LogP contribution in [0.3, 0.4) is 0 Å². The van der Waals surface area contributed by atoms with Crippen LogP contribution in [0.4, 0.5) is 0 Å². The Morgan fingerprint density at radius 1 is 1.29 bits per heavy atom. The minimum absolute atomic E-state index is 0.179. The molecule has 0 unspecified atom stereocenters. The van der Waals surface area contributed by atoms with Crippen molar-refractivity contribution >= 4 is 31.9 Å². The lowest BCUT2D eigenvalue weighted by Gasteiger charge is -2.17. The van der Waals surface area contributed by atoms with Gasteiger partial charge in [-0.25, -0.2) is 0 Å². The third-order valence-corrected chi connectivity index (χ3v) is 4.15. The summed E-state index contributed by atoms with van der Waals surface area (Å²) in [7, 11) is 0. The second kappa shape index (κ2) is 7.92. The number of hydrogen-bond acceptors (Lipinski definition) is 3. The van der Waals surface area contributed by atoms with Crippen LogP contribution in [0.2, 0.25) is 0 Å². The van der Waals surface area contributed by atoms with Gasteiger partial charge in [0.15, 0.2) is 0 Å². The number of halogens is 2. The van der Waals surface area contributed by atoms with E-state index in [9.17, 15) is 0 Å². The summed E-state index contributed by atoms with van der Waals surface area (Å²) < 4.78 is 7.72. The van der Waals surface area contributed by atoms with Crippen LogP contribution >= 0.6 is 31.9 Å². The van der Waals surface area contributed by atoms with Crippen molar-refractivity contribution in [2.24, 2.45) is 0 Å². The molecule has 1 atom stereocenters. The first-order valence-electron chi connectivity index (χ1n) is 6.86. The quantitative estimate of drug-likeness (QED) is 0.734. The predicted molar refractivity (Wildman–Crippen MR) is 92.5 cm³/mol. The molecule has 0 aliphatic rings. The summed E-state index contributed by atoms with van der Waals surface area (Å²) in [4.78, 5) is 4.37. The molecule has 0 amide bonds. The van der Waals surface area contributed by atoms with Crippen molar-refractivity contribution in [2.75, 3.05) is 6.61 Å². The van der Waals surface area contributed by atoms with Crippen LogP contribution in [0.15, 0.2) is 45.5 Å². The number of pyridine rings is 1. The Bertz CT molecular complexity index is 590. The lowest BCUT2D eigenvalue weighted by molar-refractivity contribution is 0.332. The number of nitrogens with one attached hydrogen (secondary N) is 1. The second-order valence-corrected chi connectivity index (χ2v) is 6.44. The second-order valence-electron chi connectivity index (χ2n) is 4.67. The van der Waals surface area contributed by atoms with Gasteiger partial charge in [-0.05, 0) is 54.0 Å². The third kappa shape index (κ3) is 4.53. The summed E-state index contributed by atoms with van der Waals surface area (Å²) in [6.07, 6.45) is 1.81. The van der Waals surface area contributed by atoms with E-state index in [-0.39, 0.29) is 6.04 Å². The first kappa shape index (κ1) is 16.5. The summed E-state index contributed by atoms with van der Waals surface area (Å²) in [5, 5.41) is 3.48. The Morgan fingerprint density at radius 3 is 2.76 bits per heavy atom. The van der Waals surface area contributed by atoms with Crippen molar-refractivity contribution in [3.05, 3.63) is 56.7 Å². The molecular weight excluding hydrogens is 396 g/mol. The van der Waals surface area contributed by atoms with Crippen LogP contribution in [0.5, 0.6) is 5.75 Å². The van der Waals surface area contributed by atoms with E-state index in [1.807, 2.05) is 37.4 Å². The molecule has 112 valence electrons. The van der Waals surface area contributed by atoms with Gasteiger partial charge in [0.25, 0.3) is 0 Å². The van der Waals surface area contributed by atoms with E-state index in [1.54, 1.807) is 0 Å². The summed E-state index contributed by atoms with van der Waals surface area (Å²) >= 11 is 7.08. The number of aromatic nitrogens is 1. The van der Waals surface area contributed by atoms with Crippen LogP contribution in [-0.4, -0.2) is 11.6 Å². The van der Waals surface area contributed by atoms with E-state index in [0.29, 0.717) is 13.2 Å². The Kier molecular flexibility index (Phi) is 6.21. The SMILES string of the molecule is CCOc1c(Br)cc(Br)cc1CN[C@H](C)c1ccccn1. The molecule has 0 fully saturated rings. The van der Waals surface area contributed by atoms with Crippen LogP contribution < -0.4 is 10.1 Å². The molecule has 1 N–H and O–H groups in total. The fraction of sp³-hybridized carbons (Fsp3) is 0.312. The van der Waals surface area contributed by atoms with Gasteiger partial charge in [0.1, 0.15) is 5.75 Å². The van der Waals surface area contributed by atoms with Gasteiger partial charge in [-0.3, -0.25) is 4.98 Å². The molecule has 1 heterocycles. The highest BCUT2D eigenvalue weighted by atomic mass is 79.9. The highest BCUT2D eigenvalue weighted by Gasteiger charge is 2.12. The van der Waals surface area contributed by atoms with Crippen molar-refractivity contribution in [3.63, 3.8) is 0 Å². The van der Waals surface area contributed by atoms with Crippen molar-refractivity contribution in [3.8, 4) is 5.75 Å². The van der Waals surface area contributed by atoms with Gasteiger partial charge in [-0.15, -0.1) is 0 Å². The van der Waals surface area contributed by atoms with Crippen molar-refractivity contribution < 1.29 is 4.74 Å². The lowest BCUT2D eigenvalue weighted by Crippen LogP contribution is -2.19. The molecule has 2 rings (SSSR count). The molecule has 0 aliphatic heterocycles. The Balaban J connectivity index is 2.12. The smallest absolute Gasteiger partial charge is 0.138 e. The first-order valence-corrected chi connectivity index (χ1v) is 8.45. The lowest BCUT2D eigenvalue weighted by atomic mass is 10.1. The van der Waals surface area contributed by atoms with Gasteiger partial charge in [0, 0.05) is 28.8 Å². The highest BCUT2D eigenvalue weighted by Crippen LogP contribution is 2.33. The molecule has 0 saturated heterocycles. The molecule has 0 radical (unpaired) electrons. The number of nitrogens with zero attached hydrogens (tertiary/aromatic N) is 1. The molecule has 5 heteroatoms. The van der Waals surface area contributed by atoms with Crippen LogP contribution in [0.1, 0.15) is 31.1 Å². The fourth-order valence-electron chi connectivity index (χ4n) is 2.05. The van der Waals surface area contributed by atoms with E-state index in [4.69, 9.17) is 4.74 Å². The zero-order valence-corrected chi connectivity index (χ0v) is 15.2. The van der Waals surface area contributed by atoms with Crippen molar-refractivity contribution in [2.45, 2.75) is 26.4 Å². The van der Waals surface area contributed by atoms with Crippen molar-refractivity contribution in [1.82, 2.24) is 10.3 Å². The maximum absolute atomic E-state index is 5.74. The molecule has 21 heavy (non-hydrogen) atoms. The summed E-state index contributed by atoms with van der Waals surface area (Å²) in [6.45, 7) is 5.45. The van der Waals surface area contributed by atoms with Gasteiger partial charge < -0.3 is 10.1 Å². The number of rotatable bonds is 6. The van der Waals surface area contributed by atoms with Gasteiger partial charge in [0.05, 0.1) is 16.8 Å². The van der Waals surface area contributed by atoms with Crippen LogP contribution in [-0.2, 0) is 6.54 Å². The van der Waals surface area contributed by atoms with E-state index < -0.39 is 0 Å². The molecule has 1 aromatic carbocycles. The topological polar surface area (TPSA) is 34.1 Å². The standard InChI is InChI=1S/C16H18Br2N2O/c1-3-21-16-12(8-13(17)9-14(16)18)10-20-11(2)15-6-4-5-7-19-15/h4-9,11,20H,3,10H2,1-2H3/t11-/m1/s1. The summed E-state index contributed by atoms with van der Waals surface area (Å²) in [6, 6.07) is 10.2. The molecular formula is C16H18Br2N2O. The van der Waals surface area contributed by atoms with Gasteiger partial charge >= 0.3 is 0 Å². The normalized spacial score (nSPS) is 12.2. The minimum Gasteiger partial charge on any atom is -0.492 e. The first-order chi connectivity index (χ1) is 10.1. The number of benzene rings is 1. The maximum Gasteiger partial charge on any atom is 0.138 e. The van der Waals surface area contributed by atoms with Gasteiger partial charge in [-0.2, -0.15) is 0 Å². The third-order valence-electron chi connectivity index (χ3n) is 3.10. The zero-order valence-electron chi connectivity index (χ0n) is 12.1. The van der Waals surface area contributed by atoms with E-state index in [2.05, 4.69) is 55.2 Å². The maximum atomic E-state index is 5.74. The number of ether oxygens (including phenoxy) is 1. The molecule has 0 bridgehead atoms.